The van der Waals surface area contributed by atoms with Gasteiger partial charge in [-0.2, -0.15) is 0 Å². The summed E-state index contributed by atoms with van der Waals surface area (Å²) in [6.45, 7) is 0. The lowest BCUT2D eigenvalue weighted by Gasteiger charge is -2.05. The molecule has 0 saturated heterocycles. The third-order valence-corrected chi connectivity index (χ3v) is 3.00. The van der Waals surface area contributed by atoms with Crippen molar-refractivity contribution in [3.8, 4) is 11.5 Å². The number of nitrogens with two attached hydrogens (primary N) is 1. The number of esters is 1. The number of carbonyl (C=O) groups is 2. The number of rotatable bonds is 4. The molecule has 0 aliphatic rings. The summed E-state index contributed by atoms with van der Waals surface area (Å²) in [5, 5.41) is 26.3. The van der Waals surface area contributed by atoms with E-state index in [4.69, 9.17) is 21.1 Å². The van der Waals surface area contributed by atoms with Gasteiger partial charge in [0.2, 0.25) is 0 Å². The number of aliphatic carboxylic acids is 1. The van der Waals surface area contributed by atoms with Crippen LogP contribution in [0.25, 0.3) is 0 Å². The van der Waals surface area contributed by atoms with Crippen molar-refractivity contribution in [3.63, 3.8) is 0 Å². The maximum absolute atomic E-state index is 10.8. The molecule has 128 valence electrons. The van der Waals surface area contributed by atoms with Crippen LogP contribution in [0.1, 0.15) is 15.9 Å². The largest absolute Gasteiger partial charge is 0.508 e. The third-order valence-electron chi connectivity index (χ3n) is 3.00. The molecular formula is C17H19NO6. The van der Waals surface area contributed by atoms with Gasteiger partial charge in [-0.3, -0.25) is 4.79 Å². The Hall–Kier alpha value is -3.06. The van der Waals surface area contributed by atoms with Crippen LogP contribution in [0.2, 0.25) is 0 Å². The van der Waals surface area contributed by atoms with Crippen molar-refractivity contribution in [2.45, 2.75) is 12.5 Å². The average Bonchev–Trinajstić information content (AvgIpc) is 2.57. The standard InChI is InChI=1S/C9H11NO3.C8H8O3/c10-8(9(12)13)5-6-1-3-7(11)4-2-6;1-11-8(10)6-2-4-7(9)5-3-6/h1-4,8,11H,5,10H2,(H,12,13);2-5,9H,1H3. The Kier molecular flexibility index (Phi) is 7.25. The van der Waals surface area contributed by atoms with Gasteiger partial charge in [0, 0.05) is 0 Å². The van der Waals surface area contributed by atoms with Crippen molar-refractivity contribution in [2.75, 3.05) is 7.11 Å². The number of ether oxygens (including phenoxy) is 1. The molecule has 24 heavy (non-hydrogen) atoms. The summed E-state index contributed by atoms with van der Waals surface area (Å²) < 4.78 is 4.46. The summed E-state index contributed by atoms with van der Waals surface area (Å²) in [7, 11) is 1.31. The summed E-state index contributed by atoms with van der Waals surface area (Å²) in [5.74, 6) is -1.12. The van der Waals surface area contributed by atoms with Crippen LogP contribution < -0.4 is 5.73 Å². The van der Waals surface area contributed by atoms with Gasteiger partial charge < -0.3 is 25.8 Å². The maximum atomic E-state index is 10.8. The SMILES string of the molecule is COC(=O)c1ccc(O)cc1.NC(Cc1ccc(O)cc1)C(=O)O. The second kappa shape index (κ2) is 9.16. The van der Waals surface area contributed by atoms with Gasteiger partial charge >= 0.3 is 11.9 Å². The van der Waals surface area contributed by atoms with Crippen LogP contribution in [0.15, 0.2) is 48.5 Å². The molecule has 0 fully saturated rings. The first kappa shape index (κ1) is 19.0. The number of hydrogen-bond acceptors (Lipinski definition) is 6. The Morgan fingerprint density at radius 2 is 1.46 bits per heavy atom. The molecule has 2 rings (SSSR count). The van der Waals surface area contributed by atoms with Crippen LogP contribution in [-0.2, 0) is 16.0 Å². The summed E-state index contributed by atoms with van der Waals surface area (Å²) in [6, 6.07) is 11.3. The van der Waals surface area contributed by atoms with E-state index in [2.05, 4.69) is 4.74 Å². The van der Waals surface area contributed by atoms with E-state index in [1.54, 1.807) is 12.1 Å². The molecule has 7 heteroatoms. The first-order valence-corrected chi connectivity index (χ1v) is 6.97. The molecule has 2 aromatic rings. The topological polar surface area (TPSA) is 130 Å². The highest BCUT2D eigenvalue weighted by molar-refractivity contribution is 5.89. The van der Waals surface area contributed by atoms with Crippen LogP contribution in [0.3, 0.4) is 0 Å². The number of carboxylic acid groups (broad SMARTS) is 1. The zero-order valence-corrected chi connectivity index (χ0v) is 13.0. The fraction of sp³-hybridized carbons (Fsp3) is 0.176. The Morgan fingerprint density at radius 1 is 1.00 bits per heavy atom. The van der Waals surface area contributed by atoms with Crippen LogP contribution in [-0.4, -0.2) is 40.4 Å². The van der Waals surface area contributed by atoms with Crippen molar-refractivity contribution in [1.82, 2.24) is 0 Å². The van der Waals surface area contributed by atoms with E-state index in [0.29, 0.717) is 5.56 Å². The average molecular weight is 333 g/mol. The van der Waals surface area contributed by atoms with Gasteiger partial charge in [-0.1, -0.05) is 12.1 Å². The molecule has 0 aliphatic heterocycles. The van der Waals surface area contributed by atoms with E-state index in [1.807, 2.05) is 0 Å². The fourth-order valence-corrected chi connectivity index (χ4v) is 1.69. The Bertz CT molecular complexity index is 666. The van der Waals surface area contributed by atoms with Crippen LogP contribution in [0.5, 0.6) is 11.5 Å². The number of hydrogen-bond donors (Lipinski definition) is 4. The van der Waals surface area contributed by atoms with E-state index < -0.39 is 18.0 Å². The molecule has 5 N–H and O–H groups in total. The lowest BCUT2D eigenvalue weighted by molar-refractivity contribution is -0.138. The summed E-state index contributed by atoms with van der Waals surface area (Å²) in [6.07, 6.45) is 0.273. The third kappa shape index (κ3) is 6.37. The van der Waals surface area contributed by atoms with E-state index >= 15 is 0 Å². The quantitative estimate of drug-likeness (QED) is 0.624. The minimum Gasteiger partial charge on any atom is -0.508 e. The van der Waals surface area contributed by atoms with E-state index in [1.165, 1.54) is 43.5 Å². The minimum absolute atomic E-state index is 0.137. The highest BCUT2D eigenvalue weighted by Gasteiger charge is 2.11. The molecule has 0 saturated carbocycles. The molecule has 0 bridgehead atoms. The van der Waals surface area contributed by atoms with E-state index in [9.17, 15) is 9.59 Å². The van der Waals surface area contributed by atoms with Crippen LogP contribution in [0, 0.1) is 0 Å². The zero-order valence-electron chi connectivity index (χ0n) is 13.0. The van der Waals surface area contributed by atoms with Gasteiger partial charge in [0.15, 0.2) is 0 Å². The number of phenolic OH excluding ortho intramolecular Hbond substituents is 2. The monoisotopic (exact) mass is 333 g/mol. The number of benzene rings is 2. The van der Waals surface area contributed by atoms with Crippen LogP contribution in [0.4, 0.5) is 0 Å². The predicted octanol–water partition coefficient (Wildman–Crippen LogP) is 1.53. The van der Waals surface area contributed by atoms with Gasteiger partial charge in [0.05, 0.1) is 12.7 Å². The van der Waals surface area contributed by atoms with Crippen LogP contribution >= 0.6 is 0 Å². The van der Waals surface area contributed by atoms with Gasteiger partial charge in [-0.05, 0) is 48.4 Å². The lowest BCUT2D eigenvalue weighted by Crippen LogP contribution is -2.32. The molecule has 0 amide bonds. The molecule has 7 nitrogen and oxygen atoms in total. The van der Waals surface area contributed by atoms with Crippen molar-refractivity contribution >= 4 is 11.9 Å². The van der Waals surface area contributed by atoms with Gasteiger partial charge in [0.1, 0.15) is 17.5 Å². The number of carboxylic acids is 1. The number of methoxy groups -OCH3 is 1. The number of carbonyl (C=O) groups excluding carboxylic acids is 1. The summed E-state index contributed by atoms with van der Waals surface area (Å²) >= 11 is 0. The highest BCUT2D eigenvalue weighted by atomic mass is 16.5. The molecule has 2 aromatic carbocycles. The van der Waals surface area contributed by atoms with E-state index in [0.717, 1.165) is 5.56 Å². The maximum Gasteiger partial charge on any atom is 0.337 e. The molecule has 0 heterocycles. The highest BCUT2D eigenvalue weighted by Crippen LogP contribution is 2.11. The fourth-order valence-electron chi connectivity index (χ4n) is 1.69. The van der Waals surface area contributed by atoms with Gasteiger partial charge in [-0.15, -0.1) is 0 Å². The first-order valence-electron chi connectivity index (χ1n) is 6.97. The molecule has 1 unspecified atom stereocenters. The van der Waals surface area contributed by atoms with Crippen molar-refractivity contribution in [1.29, 1.82) is 0 Å². The molecular weight excluding hydrogens is 314 g/mol. The predicted molar refractivity (Wildman–Crippen MR) is 86.9 cm³/mol. The van der Waals surface area contributed by atoms with Crippen molar-refractivity contribution in [2.24, 2.45) is 5.73 Å². The molecule has 0 aromatic heterocycles. The molecule has 0 spiro atoms. The lowest BCUT2D eigenvalue weighted by atomic mass is 10.1. The Morgan fingerprint density at radius 3 is 1.88 bits per heavy atom. The first-order chi connectivity index (χ1) is 11.3. The minimum atomic E-state index is -1.02. The molecule has 0 aliphatic carbocycles. The Labute approximate surface area is 138 Å². The second-order valence-corrected chi connectivity index (χ2v) is 4.85. The zero-order chi connectivity index (χ0) is 18.1. The summed E-state index contributed by atoms with van der Waals surface area (Å²) in [4.78, 5) is 21.2. The van der Waals surface area contributed by atoms with Crippen molar-refractivity contribution in [3.05, 3.63) is 59.7 Å². The Balaban J connectivity index is 0.000000243. The number of phenols is 2. The number of aromatic hydroxyl groups is 2. The van der Waals surface area contributed by atoms with Gasteiger partial charge in [-0.25, -0.2) is 4.79 Å². The van der Waals surface area contributed by atoms with E-state index in [-0.39, 0.29) is 17.9 Å². The summed E-state index contributed by atoms with van der Waals surface area (Å²) in [5.41, 5.74) is 6.56. The molecule has 1 atom stereocenters. The van der Waals surface area contributed by atoms with Gasteiger partial charge in [0.25, 0.3) is 0 Å². The van der Waals surface area contributed by atoms with Crippen molar-refractivity contribution < 1.29 is 29.6 Å². The smallest absolute Gasteiger partial charge is 0.337 e. The molecule has 0 radical (unpaired) electrons. The normalized spacial score (nSPS) is 10.9. The second-order valence-electron chi connectivity index (χ2n) is 4.85.